The van der Waals surface area contributed by atoms with E-state index < -0.39 is 0 Å². The first-order valence-corrected chi connectivity index (χ1v) is 10.2. The predicted octanol–water partition coefficient (Wildman–Crippen LogP) is 5.15. The molecule has 0 unspecified atom stereocenters. The number of aryl methyl sites for hydroxylation is 1. The first-order chi connectivity index (χ1) is 13.2. The Morgan fingerprint density at radius 2 is 2.00 bits per heavy atom. The molecule has 0 aliphatic carbocycles. The molecule has 0 aliphatic rings. The zero-order valence-electron chi connectivity index (χ0n) is 13.9. The SMILES string of the molecule is O=C(CCc1nc(-c2cccs2)no1)Nc1nc(-c2ccc(Cl)cc2)cs1. The molecule has 1 aromatic carbocycles. The number of thiazole rings is 1. The van der Waals surface area contributed by atoms with Crippen LogP contribution >= 0.6 is 34.3 Å². The van der Waals surface area contributed by atoms with Crippen molar-refractivity contribution >= 4 is 45.3 Å². The number of carbonyl (C=O) groups is 1. The fourth-order valence-electron chi connectivity index (χ4n) is 2.35. The number of nitrogens with one attached hydrogen (secondary N) is 1. The molecule has 0 fully saturated rings. The number of amides is 1. The van der Waals surface area contributed by atoms with Crippen molar-refractivity contribution in [2.75, 3.05) is 5.32 Å². The van der Waals surface area contributed by atoms with E-state index in [1.807, 2.05) is 47.2 Å². The monoisotopic (exact) mass is 416 g/mol. The van der Waals surface area contributed by atoms with E-state index in [1.165, 1.54) is 22.7 Å². The number of hydrogen-bond donors (Lipinski definition) is 1. The van der Waals surface area contributed by atoms with E-state index in [9.17, 15) is 4.79 Å². The van der Waals surface area contributed by atoms with Crippen molar-refractivity contribution in [3.63, 3.8) is 0 Å². The van der Waals surface area contributed by atoms with E-state index in [4.69, 9.17) is 16.1 Å². The van der Waals surface area contributed by atoms with Crippen LogP contribution in [0.1, 0.15) is 12.3 Å². The Hall–Kier alpha value is -2.55. The van der Waals surface area contributed by atoms with Gasteiger partial charge < -0.3 is 9.84 Å². The smallest absolute Gasteiger partial charge is 0.227 e. The summed E-state index contributed by atoms with van der Waals surface area (Å²) in [7, 11) is 0. The number of hydrogen-bond acceptors (Lipinski definition) is 7. The molecule has 6 nitrogen and oxygen atoms in total. The van der Waals surface area contributed by atoms with Crippen molar-refractivity contribution in [2.24, 2.45) is 0 Å². The van der Waals surface area contributed by atoms with Crippen LogP contribution in [0.15, 0.2) is 51.7 Å². The van der Waals surface area contributed by atoms with Crippen molar-refractivity contribution in [3.8, 4) is 22.0 Å². The van der Waals surface area contributed by atoms with Crippen LogP contribution in [0.3, 0.4) is 0 Å². The number of rotatable bonds is 6. The minimum absolute atomic E-state index is 0.150. The quantitative estimate of drug-likeness (QED) is 0.470. The number of thiophene rings is 1. The average molecular weight is 417 g/mol. The Bertz CT molecular complexity index is 1040. The molecule has 3 heterocycles. The summed E-state index contributed by atoms with van der Waals surface area (Å²) in [6.45, 7) is 0. The van der Waals surface area contributed by atoms with Crippen molar-refractivity contribution < 1.29 is 9.32 Å². The van der Waals surface area contributed by atoms with Crippen LogP contribution in [0.5, 0.6) is 0 Å². The van der Waals surface area contributed by atoms with Crippen LogP contribution in [-0.2, 0) is 11.2 Å². The average Bonchev–Trinajstić information content (AvgIpc) is 3.42. The molecule has 1 N–H and O–H groups in total. The van der Waals surface area contributed by atoms with Gasteiger partial charge in [-0.3, -0.25) is 4.79 Å². The van der Waals surface area contributed by atoms with Gasteiger partial charge in [0.25, 0.3) is 0 Å². The van der Waals surface area contributed by atoms with Crippen LogP contribution in [0.4, 0.5) is 5.13 Å². The van der Waals surface area contributed by atoms with Crippen molar-refractivity contribution in [1.29, 1.82) is 0 Å². The van der Waals surface area contributed by atoms with E-state index >= 15 is 0 Å². The fraction of sp³-hybridized carbons (Fsp3) is 0.111. The first kappa shape index (κ1) is 17.8. The van der Waals surface area contributed by atoms with Crippen LogP contribution < -0.4 is 5.32 Å². The molecule has 1 amide bonds. The third-order valence-electron chi connectivity index (χ3n) is 3.67. The number of aromatic nitrogens is 3. The lowest BCUT2D eigenvalue weighted by Gasteiger charge is -1.99. The zero-order valence-corrected chi connectivity index (χ0v) is 16.3. The summed E-state index contributed by atoms with van der Waals surface area (Å²) in [4.78, 5) is 21.8. The number of halogens is 1. The van der Waals surface area contributed by atoms with Crippen LogP contribution in [0.25, 0.3) is 22.0 Å². The topological polar surface area (TPSA) is 80.9 Å². The van der Waals surface area contributed by atoms with Gasteiger partial charge in [-0.15, -0.1) is 22.7 Å². The van der Waals surface area contributed by atoms with Crippen LogP contribution in [0.2, 0.25) is 5.02 Å². The molecular formula is C18H13ClN4O2S2. The standard InChI is InChI=1S/C18H13ClN4O2S2/c19-12-5-3-11(4-6-12)13-10-27-18(20-13)21-15(24)7-8-16-22-17(23-25-16)14-2-1-9-26-14/h1-6,9-10H,7-8H2,(H,20,21,24). The summed E-state index contributed by atoms with van der Waals surface area (Å²) in [5, 5.41) is 11.8. The van der Waals surface area contributed by atoms with E-state index in [1.54, 1.807) is 0 Å². The molecule has 3 aromatic heterocycles. The highest BCUT2D eigenvalue weighted by Gasteiger charge is 2.13. The molecule has 136 valence electrons. The predicted molar refractivity (Wildman–Crippen MR) is 107 cm³/mol. The molecule has 0 saturated carbocycles. The highest BCUT2D eigenvalue weighted by atomic mass is 35.5. The van der Waals surface area contributed by atoms with Gasteiger partial charge in [0, 0.05) is 28.8 Å². The Kier molecular flexibility index (Phi) is 5.28. The van der Waals surface area contributed by atoms with Gasteiger partial charge in [0.1, 0.15) is 0 Å². The molecular weight excluding hydrogens is 404 g/mol. The number of benzene rings is 1. The van der Waals surface area contributed by atoms with Gasteiger partial charge >= 0.3 is 0 Å². The second kappa shape index (κ2) is 7.99. The number of nitrogens with zero attached hydrogens (tertiary/aromatic N) is 3. The van der Waals surface area contributed by atoms with Gasteiger partial charge in [-0.2, -0.15) is 4.98 Å². The van der Waals surface area contributed by atoms with Crippen LogP contribution in [0, 0.1) is 0 Å². The molecule has 0 bridgehead atoms. The summed E-state index contributed by atoms with van der Waals surface area (Å²) < 4.78 is 5.20. The highest BCUT2D eigenvalue weighted by molar-refractivity contribution is 7.14. The normalized spacial score (nSPS) is 10.9. The molecule has 4 aromatic rings. The van der Waals surface area contributed by atoms with Gasteiger partial charge in [-0.05, 0) is 23.6 Å². The first-order valence-electron chi connectivity index (χ1n) is 8.05. The Labute approximate surface area is 167 Å². The maximum Gasteiger partial charge on any atom is 0.227 e. The Balaban J connectivity index is 1.33. The van der Waals surface area contributed by atoms with Gasteiger partial charge in [-0.25, -0.2) is 4.98 Å². The Morgan fingerprint density at radius 1 is 1.15 bits per heavy atom. The fourth-order valence-corrected chi connectivity index (χ4v) is 3.86. The lowest BCUT2D eigenvalue weighted by Crippen LogP contribution is -2.12. The molecule has 0 saturated heterocycles. The van der Waals surface area contributed by atoms with Crippen LogP contribution in [-0.4, -0.2) is 21.0 Å². The lowest BCUT2D eigenvalue weighted by molar-refractivity contribution is -0.116. The van der Waals surface area contributed by atoms with Gasteiger partial charge in [-0.1, -0.05) is 35.0 Å². The maximum absolute atomic E-state index is 12.2. The molecule has 9 heteroatoms. The van der Waals surface area contributed by atoms with Gasteiger partial charge in [0.2, 0.25) is 17.6 Å². The summed E-state index contributed by atoms with van der Waals surface area (Å²) in [5.74, 6) is 0.838. The number of anilines is 1. The molecule has 4 rings (SSSR count). The van der Waals surface area contributed by atoms with E-state index in [-0.39, 0.29) is 12.3 Å². The summed E-state index contributed by atoms with van der Waals surface area (Å²) in [6.07, 6.45) is 0.613. The summed E-state index contributed by atoms with van der Waals surface area (Å²) in [5.41, 5.74) is 1.74. The molecule has 0 aliphatic heterocycles. The largest absolute Gasteiger partial charge is 0.339 e. The second-order valence-corrected chi connectivity index (χ2v) is 7.82. The summed E-state index contributed by atoms with van der Waals surface area (Å²) >= 11 is 8.81. The lowest BCUT2D eigenvalue weighted by atomic mass is 10.2. The van der Waals surface area contributed by atoms with Gasteiger partial charge in [0.05, 0.1) is 10.6 Å². The van der Waals surface area contributed by atoms with Gasteiger partial charge in [0.15, 0.2) is 5.13 Å². The molecule has 0 radical (unpaired) electrons. The minimum Gasteiger partial charge on any atom is -0.339 e. The minimum atomic E-state index is -0.150. The van der Waals surface area contributed by atoms with E-state index in [0.717, 1.165) is 16.1 Å². The zero-order chi connectivity index (χ0) is 18.6. The van der Waals surface area contributed by atoms with E-state index in [0.29, 0.717) is 28.3 Å². The highest BCUT2D eigenvalue weighted by Crippen LogP contribution is 2.26. The van der Waals surface area contributed by atoms with Crippen molar-refractivity contribution in [3.05, 3.63) is 58.1 Å². The molecule has 27 heavy (non-hydrogen) atoms. The number of carbonyl (C=O) groups excluding carboxylic acids is 1. The maximum atomic E-state index is 12.2. The third kappa shape index (κ3) is 4.41. The summed E-state index contributed by atoms with van der Waals surface area (Å²) in [6, 6.07) is 11.3. The second-order valence-electron chi connectivity index (χ2n) is 5.58. The van der Waals surface area contributed by atoms with Crippen molar-refractivity contribution in [2.45, 2.75) is 12.8 Å². The molecule has 0 spiro atoms. The van der Waals surface area contributed by atoms with Crippen molar-refractivity contribution in [1.82, 2.24) is 15.1 Å². The molecule has 0 atom stereocenters. The third-order valence-corrected chi connectivity index (χ3v) is 5.54. The van der Waals surface area contributed by atoms with E-state index in [2.05, 4.69) is 20.4 Å². The Morgan fingerprint density at radius 3 is 2.78 bits per heavy atom.